The summed E-state index contributed by atoms with van der Waals surface area (Å²) in [7, 11) is 0. The molecule has 8 heteroatoms. The summed E-state index contributed by atoms with van der Waals surface area (Å²) >= 11 is 13.4. The van der Waals surface area contributed by atoms with Gasteiger partial charge < -0.3 is 0 Å². The summed E-state index contributed by atoms with van der Waals surface area (Å²) in [5.74, 6) is -1.50. The molecule has 4 amide bonds. The molecule has 0 bridgehead atoms. The van der Waals surface area contributed by atoms with Crippen molar-refractivity contribution in [3.05, 3.63) is 56.2 Å². The molecule has 0 unspecified atom stereocenters. The van der Waals surface area contributed by atoms with Crippen LogP contribution in [0.4, 0.5) is 10.5 Å². The molecule has 116 valence electrons. The van der Waals surface area contributed by atoms with E-state index in [9.17, 15) is 14.4 Å². The van der Waals surface area contributed by atoms with E-state index in [1.807, 2.05) is 5.38 Å². The molecular formula is C15H8Cl2N2O3S. The second-order valence-electron chi connectivity index (χ2n) is 4.55. The molecule has 3 rings (SSSR count). The Labute approximate surface area is 145 Å². The average Bonchev–Trinajstić information content (AvgIpc) is 3.01. The lowest BCUT2D eigenvalue weighted by molar-refractivity contribution is -0.122. The van der Waals surface area contributed by atoms with Crippen LogP contribution in [0.1, 0.15) is 4.88 Å². The van der Waals surface area contributed by atoms with Crippen LogP contribution in [-0.4, -0.2) is 17.8 Å². The summed E-state index contributed by atoms with van der Waals surface area (Å²) in [5, 5.41) is 4.20. The summed E-state index contributed by atoms with van der Waals surface area (Å²) in [6.07, 6.45) is 1.43. The minimum atomic E-state index is -0.868. The molecule has 23 heavy (non-hydrogen) atoms. The Balaban J connectivity index is 2.07. The number of halogens is 2. The number of barbiturate groups is 1. The zero-order valence-corrected chi connectivity index (χ0v) is 13.7. The van der Waals surface area contributed by atoms with Crippen molar-refractivity contribution in [2.75, 3.05) is 4.90 Å². The minimum absolute atomic E-state index is 0.0579. The van der Waals surface area contributed by atoms with Crippen molar-refractivity contribution in [2.45, 2.75) is 0 Å². The monoisotopic (exact) mass is 366 g/mol. The number of imide groups is 2. The summed E-state index contributed by atoms with van der Waals surface area (Å²) in [4.78, 5) is 38.2. The van der Waals surface area contributed by atoms with Gasteiger partial charge in [-0.15, -0.1) is 11.3 Å². The number of hydrogen-bond acceptors (Lipinski definition) is 4. The van der Waals surface area contributed by atoms with Crippen molar-refractivity contribution in [1.82, 2.24) is 5.32 Å². The van der Waals surface area contributed by atoms with Gasteiger partial charge in [-0.2, -0.15) is 0 Å². The standard InChI is InChI=1S/C15H8Cl2N2O3S/c16-10-4-1-5-11(12(10)17)19-14(21)9(13(20)18-15(19)22)7-8-3-2-6-23-8/h1-7H,(H,18,20,22)/b9-7+. The molecule has 1 aromatic heterocycles. The van der Waals surface area contributed by atoms with Gasteiger partial charge in [-0.05, 0) is 29.7 Å². The van der Waals surface area contributed by atoms with Crippen LogP contribution in [0.2, 0.25) is 10.0 Å². The molecule has 2 aromatic rings. The van der Waals surface area contributed by atoms with E-state index in [2.05, 4.69) is 5.32 Å². The quantitative estimate of drug-likeness (QED) is 0.650. The molecule has 2 heterocycles. The van der Waals surface area contributed by atoms with Gasteiger partial charge in [-0.1, -0.05) is 35.3 Å². The molecule has 0 saturated carbocycles. The number of nitrogens with zero attached hydrogens (tertiary/aromatic N) is 1. The van der Waals surface area contributed by atoms with Gasteiger partial charge in [0.15, 0.2) is 0 Å². The molecule has 0 radical (unpaired) electrons. The molecule has 1 N–H and O–H groups in total. The fourth-order valence-corrected chi connectivity index (χ4v) is 3.09. The number of hydrogen-bond donors (Lipinski definition) is 1. The van der Waals surface area contributed by atoms with Crippen LogP contribution in [0.25, 0.3) is 6.08 Å². The number of carbonyl (C=O) groups is 3. The van der Waals surface area contributed by atoms with Crippen molar-refractivity contribution in [3.8, 4) is 0 Å². The lowest BCUT2D eigenvalue weighted by Gasteiger charge is -2.27. The van der Waals surface area contributed by atoms with Gasteiger partial charge in [0.05, 0.1) is 15.7 Å². The first kappa shape index (κ1) is 15.7. The highest BCUT2D eigenvalue weighted by Gasteiger charge is 2.38. The van der Waals surface area contributed by atoms with Crippen molar-refractivity contribution < 1.29 is 14.4 Å². The summed E-state index contributed by atoms with van der Waals surface area (Å²) in [6.45, 7) is 0. The molecule has 1 aliphatic rings. The number of anilines is 1. The third-order valence-corrected chi connectivity index (χ3v) is 4.73. The van der Waals surface area contributed by atoms with Crippen LogP contribution >= 0.6 is 34.5 Å². The third-order valence-electron chi connectivity index (χ3n) is 3.10. The minimum Gasteiger partial charge on any atom is -0.273 e. The van der Waals surface area contributed by atoms with E-state index >= 15 is 0 Å². The fourth-order valence-electron chi connectivity index (χ4n) is 2.06. The fraction of sp³-hybridized carbons (Fsp3) is 0. The molecule has 1 aromatic carbocycles. The van der Waals surface area contributed by atoms with Crippen LogP contribution < -0.4 is 10.2 Å². The first-order valence-electron chi connectivity index (χ1n) is 6.38. The number of amides is 4. The molecule has 1 saturated heterocycles. The average molecular weight is 367 g/mol. The number of urea groups is 1. The van der Waals surface area contributed by atoms with Gasteiger partial charge in [0.2, 0.25) is 0 Å². The topological polar surface area (TPSA) is 66.5 Å². The Morgan fingerprint density at radius 2 is 1.87 bits per heavy atom. The van der Waals surface area contributed by atoms with Crippen molar-refractivity contribution in [1.29, 1.82) is 0 Å². The highest BCUT2D eigenvalue weighted by molar-refractivity contribution is 7.10. The Morgan fingerprint density at radius 1 is 1.09 bits per heavy atom. The van der Waals surface area contributed by atoms with Gasteiger partial charge >= 0.3 is 6.03 Å². The molecule has 1 fully saturated rings. The molecule has 1 aliphatic heterocycles. The highest BCUT2D eigenvalue weighted by Crippen LogP contribution is 2.34. The number of thiophene rings is 1. The van der Waals surface area contributed by atoms with Crippen molar-refractivity contribution in [2.24, 2.45) is 0 Å². The Morgan fingerprint density at radius 3 is 2.57 bits per heavy atom. The molecule has 0 spiro atoms. The van der Waals surface area contributed by atoms with E-state index in [4.69, 9.17) is 23.2 Å². The van der Waals surface area contributed by atoms with Gasteiger partial charge in [-0.3, -0.25) is 14.9 Å². The van der Waals surface area contributed by atoms with E-state index in [1.54, 1.807) is 18.2 Å². The van der Waals surface area contributed by atoms with Gasteiger partial charge in [0, 0.05) is 4.88 Å². The van der Waals surface area contributed by atoms with Crippen molar-refractivity contribution in [3.63, 3.8) is 0 Å². The maximum atomic E-state index is 12.6. The first-order valence-corrected chi connectivity index (χ1v) is 8.01. The van der Waals surface area contributed by atoms with E-state index < -0.39 is 17.8 Å². The Bertz CT molecular complexity index is 846. The van der Waals surface area contributed by atoms with Crippen LogP contribution in [0.5, 0.6) is 0 Å². The van der Waals surface area contributed by atoms with Crippen LogP contribution in [0.3, 0.4) is 0 Å². The summed E-state index contributed by atoms with van der Waals surface area (Å²) in [6, 6.07) is 7.25. The first-order chi connectivity index (χ1) is 11.0. The zero-order valence-electron chi connectivity index (χ0n) is 11.4. The maximum Gasteiger partial charge on any atom is 0.336 e. The Hall–Kier alpha value is -2.15. The SMILES string of the molecule is O=C1NC(=O)N(c2cccc(Cl)c2Cl)C(=O)/C1=C/c1cccs1. The molecular weight excluding hydrogens is 359 g/mol. The van der Waals surface area contributed by atoms with E-state index in [-0.39, 0.29) is 21.3 Å². The lowest BCUT2D eigenvalue weighted by Crippen LogP contribution is -2.54. The molecule has 0 atom stereocenters. The van der Waals surface area contributed by atoms with E-state index in [0.29, 0.717) is 0 Å². The van der Waals surface area contributed by atoms with Gasteiger partial charge in [0.25, 0.3) is 11.8 Å². The van der Waals surface area contributed by atoms with Crippen LogP contribution in [0.15, 0.2) is 41.3 Å². The lowest BCUT2D eigenvalue weighted by atomic mass is 10.1. The smallest absolute Gasteiger partial charge is 0.273 e. The van der Waals surface area contributed by atoms with E-state index in [0.717, 1.165) is 9.78 Å². The summed E-state index contributed by atoms with van der Waals surface area (Å²) < 4.78 is 0. The number of benzene rings is 1. The second kappa shape index (κ2) is 6.16. The zero-order chi connectivity index (χ0) is 16.6. The van der Waals surface area contributed by atoms with Gasteiger partial charge in [-0.25, -0.2) is 9.69 Å². The number of carbonyl (C=O) groups excluding carboxylic acids is 3. The Kier molecular flexibility index (Phi) is 4.21. The highest BCUT2D eigenvalue weighted by atomic mass is 35.5. The van der Waals surface area contributed by atoms with Crippen LogP contribution in [-0.2, 0) is 9.59 Å². The maximum absolute atomic E-state index is 12.6. The second-order valence-corrected chi connectivity index (χ2v) is 6.31. The summed E-state index contributed by atoms with van der Waals surface area (Å²) in [5.41, 5.74) is -0.0330. The van der Waals surface area contributed by atoms with Gasteiger partial charge in [0.1, 0.15) is 5.57 Å². The number of nitrogens with one attached hydrogen (secondary N) is 1. The third kappa shape index (κ3) is 2.88. The molecule has 0 aliphatic carbocycles. The number of rotatable bonds is 2. The predicted molar refractivity (Wildman–Crippen MR) is 89.8 cm³/mol. The van der Waals surface area contributed by atoms with Crippen LogP contribution in [0, 0.1) is 0 Å². The van der Waals surface area contributed by atoms with E-state index in [1.165, 1.54) is 29.5 Å². The normalized spacial score (nSPS) is 16.9. The molecule has 5 nitrogen and oxygen atoms in total. The predicted octanol–water partition coefficient (Wildman–Crippen LogP) is 3.72. The van der Waals surface area contributed by atoms with Crippen molar-refractivity contribution >= 4 is 64.1 Å². The largest absolute Gasteiger partial charge is 0.336 e.